The van der Waals surface area contributed by atoms with Gasteiger partial charge >= 0.3 is 0 Å². The van der Waals surface area contributed by atoms with Crippen molar-refractivity contribution in [2.45, 2.75) is 40.2 Å². The summed E-state index contributed by atoms with van der Waals surface area (Å²) in [4.78, 5) is 14.4. The third kappa shape index (κ3) is 3.75. The summed E-state index contributed by atoms with van der Waals surface area (Å²) in [5, 5.41) is 0. The Kier molecular flexibility index (Phi) is 4.69. The fourth-order valence-corrected chi connectivity index (χ4v) is 2.97. The summed E-state index contributed by atoms with van der Waals surface area (Å²) in [6, 6.07) is 7.83. The first-order chi connectivity index (χ1) is 9.45. The first-order valence-corrected chi connectivity index (χ1v) is 7.48. The Hall–Kier alpha value is -1.51. The fourth-order valence-electron chi connectivity index (χ4n) is 2.97. The smallest absolute Gasteiger partial charge is 0.263 e. The third-order valence-corrected chi connectivity index (χ3v) is 3.86. The molecule has 1 heterocycles. The minimum absolute atomic E-state index is 0.101. The molecule has 1 fully saturated rings. The number of rotatable bonds is 3. The molecule has 0 unspecified atom stereocenters. The van der Waals surface area contributed by atoms with Crippen LogP contribution in [0, 0.1) is 18.8 Å². The van der Waals surface area contributed by atoms with Gasteiger partial charge in [-0.1, -0.05) is 31.5 Å². The van der Waals surface area contributed by atoms with Crippen LogP contribution in [0.25, 0.3) is 0 Å². The number of carbonyl (C=O) groups is 1. The van der Waals surface area contributed by atoms with Crippen LogP contribution in [0.5, 0.6) is 5.75 Å². The average Bonchev–Trinajstić information content (AvgIpc) is 2.39. The van der Waals surface area contributed by atoms with E-state index in [1.165, 1.54) is 12.0 Å². The van der Waals surface area contributed by atoms with E-state index < -0.39 is 6.10 Å². The SMILES string of the molecule is Cc1ccc(O[C@@H](C)C(=O)N2C[C@H](C)C[C@H](C)C2)cc1. The first kappa shape index (κ1) is 14.9. The molecule has 0 aromatic heterocycles. The molecule has 1 aromatic rings. The number of benzene rings is 1. The van der Waals surface area contributed by atoms with Crippen LogP contribution in [-0.4, -0.2) is 30.0 Å². The molecular formula is C17H25NO2. The molecular weight excluding hydrogens is 250 g/mol. The molecule has 110 valence electrons. The van der Waals surface area contributed by atoms with Crippen molar-refractivity contribution in [3.05, 3.63) is 29.8 Å². The second kappa shape index (κ2) is 6.29. The Morgan fingerprint density at radius 3 is 2.30 bits per heavy atom. The minimum atomic E-state index is -0.421. The van der Waals surface area contributed by atoms with Gasteiger partial charge < -0.3 is 9.64 Å². The van der Waals surface area contributed by atoms with Crippen LogP contribution in [0.2, 0.25) is 0 Å². The molecule has 1 saturated heterocycles. The van der Waals surface area contributed by atoms with E-state index in [0.29, 0.717) is 11.8 Å². The molecule has 0 bridgehead atoms. The minimum Gasteiger partial charge on any atom is -0.481 e. The average molecular weight is 275 g/mol. The van der Waals surface area contributed by atoms with Crippen LogP contribution >= 0.6 is 0 Å². The van der Waals surface area contributed by atoms with Gasteiger partial charge in [0, 0.05) is 13.1 Å². The highest BCUT2D eigenvalue weighted by molar-refractivity contribution is 5.81. The fraction of sp³-hybridized carbons (Fsp3) is 0.588. The van der Waals surface area contributed by atoms with Gasteiger partial charge in [0.1, 0.15) is 5.75 Å². The number of hydrogen-bond donors (Lipinski definition) is 0. The lowest BCUT2D eigenvalue weighted by Gasteiger charge is -2.36. The number of likely N-dealkylation sites (tertiary alicyclic amines) is 1. The molecule has 2 rings (SSSR count). The van der Waals surface area contributed by atoms with Crippen molar-refractivity contribution >= 4 is 5.91 Å². The van der Waals surface area contributed by atoms with Crippen molar-refractivity contribution in [3.8, 4) is 5.75 Å². The largest absolute Gasteiger partial charge is 0.481 e. The number of ether oxygens (including phenoxy) is 1. The Labute approximate surface area is 121 Å². The molecule has 0 aliphatic carbocycles. The molecule has 3 atom stereocenters. The Morgan fingerprint density at radius 1 is 1.20 bits per heavy atom. The highest BCUT2D eigenvalue weighted by Crippen LogP contribution is 2.22. The highest BCUT2D eigenvalue weighted by atomic mass is 16.5. The van der Waals surface area contributed by atoms with Gasteiger partial charge in [-0.25, -0.2) is 0 Å². The number of piperidine rings is 1. The molecule has 1 amide bonds. The van der Waals surface area contributed by atoms with E-state index in [1.54, 1.807) is 0 Å². The van der Waals surface area contributed by atoms with Crippen LogP contribution < -0.4 is 4.74 Å². The molecule has 3 heteroatoms. The molecule has 1 aliphatic rings. The quantitative estimate of drug-likeness (QED) is 0.847. The summed E-state index contributed by atoms with van der Waals surface area (Å²) in [7, 11) is 0. The van der Waals surface area contributed by atoms with Gasteiger partial charge in [0.15, 0.2) is 6.10 Å². The lowest BCUT2D eigenvalue weighted by atomic mass is 9.91. The highest BCUT2D eigenvalue weighted by Gasteiger charge is 2.29. The maximum absolute atomic E-state index is 12.5. The van der Waals surface area contributed by atoms with Crippen LogP contribution in [-0.2, 0) is 4.79 Å². The zero-order valence-electron chi connectivity index (χ0n) is 12.9. The van der Waals surface area contributed by atoms with Crippen molar-refractivity contribution in [3.63, 3.8) is 0 Å². The summed E-state index contributed by atoms with van der Waals surface area (Å²) >= 11 is 0. The Morgan fingerprint density at radius 2 is 1.75 bits per heavy atom. The molecule has 3 nitrogen and oxygen atoms in total. The number of carbonyl (C=O) groups excluding carboxylic acids is 1. The molecule has 0 spiro atoms. The number of amides is 1. The van der Waals surface area contributed by atoms with Gasteiger partial charge in [-0.05, 0) is 44.2 Å². The van der Waals surface area contributed by atoms with E-state index in [1.807, 2.05) is 43.0 Å². The summed E-state index contributed by atoms with van der Waals surface area (Å²) in [6.45, 7) is 10.00. The lowest BCUT2D eigenvalue weighted by Crippen LogP contribution is -2.47. The predicted molar refractivity (Wildman–Crippen MR) is 80.8 cm³/mol. The number of hydrogen-bond acceptors (Lipinski definition) is 2. The first-order valence-electron chi connectivity index (χ1n) is 7.48. The molecule has 0 N–H and O–H groups in total. The molecule has 1 aliphatic heterocycles. The molecule has 20 heavy (non-hydrogen) atoms. The maximum Gasteiger partial charge on any atom is 0.263 e. The van der Waals surface area contributed by atoms with Gasteiger partial charge in [0.25, 0.3) is 5.91 Å². The van der Waals surface area contributed by atoms with Gasteiger partial charge in [-0.2, -0.15) is 0 Å². The van der Waals surface area contributed by atoms with E-state index in [4.69, 9.17) is 4.74 Å². The summed E-state index contributed by atoms with van der Waals surface area (Å²) in [5.74, 6) is 2.02. The van der Waals surface area contributed by atoms with Crippen molar-refractivity contribution < 1.29 is 9.53 Å². The van der Waals surface area contributed by atoms with E-state index in [0.717, 1.165) is 18.8 Å². The van der Waals surface area contributed by atoms with Crippen molar-refractivity contribution in [1.29, 1.82) is 0 Å². The third-order valence-electron chi connectivity index (χ3n) is 3.86. The Bertz CT molecular complexity index is 445. The summed E-state index contributed by atoms with van der Waals surface area (Å²) in [6.07, 6.45) is 0.784. The van der Waals surface area contributed by atoms with Crippen molar-refractivity contribution in [1.82, 2.24) is 4.90 Å². The monoisotopic (exact) mass is 275 g/mol. The zero-order chi connectivity index (χ0) is 14.7. The number of nitrogens with zero attached hydrogens (tertiary/aromatic N) is 1. The van der Waals surface area contributed by atoms with Gasteiger partial charge in [-0.15, -0.1) is 0 Å². The van der Waals surface area contributed by atoms with Crippen LogP contribution in [0.3, 0.4) is 0 Å². The number of aryl methyl sites for hydroxylation is 1. The molecule has 1 aromatic carbocycles. The predicted octanol–water partition coefficient (Wildman–Crippen LogP) is 3.27. The van der Waals surface area contributed by atoms with Crippen LogP contribution in [0.1, 0.15) is 32.8 Å². The second-order valence-electron chi connectivity index (χ2n) is 6.26. The Balaban J connectivity index is 1.96. The van der Waals surface area contributed by atoms with E-state index in [-0.39, 0.29) is 5.91 Å². The van der Waals surface area contributed by atoms with Gasteiger partial charge in [-0.3, -0.25) is 4.79 Å². The van der Waals surface area contributed by atoms with Gasteiger partial charge in [0.05, 0.1) is 0 Å². The summed E-state index contributed by atoms with van der Waals surface area (Å²) < 4.78 is 5.76. The lowest BCUT2D eigenvalue weighted by molar-refractivity contribution is -0.140. The normalized spacial score (nSPS) is 24.3. The standard InChI is InChI=1S/C17H25NO2/c1-12-5-7-16(8-6-12)20-15(4)17(19)18-10-13(2)9-14(3)11-18/h5-8,13-15H,9-11H2,1-4H3/t13-,14+,15-/m0/s1. The maximum atomic E-state index is 12.5. The molecule has 0 saturated carbocycles. The zero-order valence-corrected chi connectivity index (χ0v) is 12.9. The van der Waals surface area contributed by atoms with E-state index >= 15 is 0 Å². The topological polar surface area (TPSA) is 29.5 Å². The van der Waals surface area contributed by atoms with Crippen LogP contribution in [0.15, 0.2) is 24.3 Å². The molecule has 0 radical (unpaired) electrons. The van der Waals surface area contributed by atoms with E-state index in [9.17, 15) is 4.79 Å². The summed E-state index contributed by atoms with van der Waals surface area (Å²) in [5.41, 5.74) is 1.19. The van der Waals surface area contributed by atoms with Gasteiger partial charge in [0.2, 0.25) is 0 Å². The second-order valence-corrected chi connectivity index (χ2v) is 6.26. The van der Waals surface area contributed by atoms with Crippen LogP contribution in [0.4, 0.5) is 0 Å². The van der Waals surface area contributed by atoms with E-state index in [2.05, 4.69) is 13.8 Å². The van der Waals surface area contributed by atoms with Crippen molar-refractivity contribution in [2.75, 3.05) is 13.1 Å². The van der Waals surface area contributed by atoms with Crippen molar-refractivity contribution in [2.24, 2.45) is 11.8 Å².